The van der Waals surface area contributed by atoms with Crippen LogP contribution in [-0.2, 0) is 12.7 Å². The number of oxazole rings is 1. The Balaban J connectivity index is 1.76. The van der Waals surface area contributed by atoms with E-state index in [9.17, 15) is 13.2 Å². The van der Waals surface area contributed by atoms with E-state index in [1.165, 1.54) is 6.07 Å². The van der Waals surface area contributed by atoms with Crippen molar-refractivity contribution in [1.82, 2.24) is 9.88 Å². The summed E-state index contributed by atoms with van der Waals surface area (Å²) in [4.78, 5) is 6.58. The second kappa shape index (κ2) is 6.89. The Bertz CT molecular complexity index is 784. The molecule has 2 heterocycles. The zero-order valence-corrected chi connectivity index (χ0v) is 13.8. The van der Waals surface area contributed by atoms with Gasteiger partial charge in [-0.1, -0.05) is 6.07 Å². The predicted octanol–water partition coefficient (Wildman–Crippen LogP) is 4.40. The van der Waals surface area contributed by atoms with Crippen LogP contribution in [0.5, 0.6) is 0 Å². The maximum absolute atomic E-state index is 12.9. The normalized spacial score (nSPS) is 16.8. The van der Waals surface area contributed by atoms with E-state index in [-0.39, 0.29) is 11.8 Å². The van der Waals surface area contributed by atoms with Crippen LogP contribution in [0.25, 0.3) is 11.5 Å². The second-order valence-electron chi connectivity index (χ2n) is 6.28. The molecule has 0 bridgehead atoms. The number of halogens is 3. The summed E-state index contributed by atoms with van der Waals surface area (Å²) in [7, 11) is 0. The third kappa shape index (κ3) is 4.02. The molecule has 0 N–H and O–H groups in total. The summed E-state index contributed by atoms with van der Waals surface area (Å²) < 4.78 is 44.2. The maximum atomic E-state index is 12.9. The van der Waals surface area contributed by atoms with Crippen molar-refractivity contribution >= 4 is 0 Å². The number of likely N-dealkylation sites (tertiary alicyclic amines) is 1. The van der Waals surface area contributed by atoms with Crippen LogP contribution in [0.4, 0.5) is 13.2 Å². The van der Waals surface area contributed by atoms with Gasteiger partial charge in [0, 0.05) is 18.0 Å². The number of aromatic nitrogens is 1. The van der Waals surface area contributed by atoms with Crippen LogP contribution in [0.1, 0.15) is 29.9 Å². The zero-order chi connectivity index (χ0) is 18.0. The molecule has 7 heteroatoms. The van der Waals surface area contributed by atoms with Crippen LogP contribution >= 0.6 is 0 Å². The first kappa shape index (κ1) is 17.5. The molecule has 0 atom stereocenters. The molecule has 1 aliphatic rings. The molecule has 1 saturated heterocycles. The molecule has 25 heavy (non-hydrogen) atoms. The molecule has 132 valence electrons. The van der Waals surface area contributed by atoms with Gasteiger partial charge in [-0.25, -0.2) is 4.98 Å². The highest BCUT2D eigenvalue weighted by Crippen LogP contribution is 2.32. The van der Waals surface area contributed by atoms with Crippen molar-refractivity contribution < 1.29 is 17.6 Å². The number of benzene rings is 1. The first-order valence-electron chi connectivity index (χ1n) is 8.12. The van der Waals surface area contributed by atoms with Crippen LogP contribution in [0, 0.1) is 24.2 Å². The standard InChI is InChI=1S/C18H18F3N3O/c1-12-16(11-24-7-5-13(10-22)6-8-24)23-17(25-12)14-3-2-4-15(9-14)18(19,20)21/h2-4,9,13H,5-8,11H2,1H3. The summed E-state index contributed by atoms with van der Waals surface area (Å²) in [5.74, 6) is 0.913. The average molecular weight is 349 g/mol. The van der Waals surface area contributed by atoms with Crippen LogP contribution in [-0.4, -0.2) is 23.0 Å². The molecule has 1 fully saturated rings. The minimum atomic E-state index is -4.40. The minimum absolute atomic E-state index is 0.107. The number of rotatable bonds is 3. The summed E-state index contributed by atoms with van der Waals surface area (Å²) in [5.41, 5.74) is 0.316. The Hall–Kier alpha value is -2.33. The molecule has 1 aromatic heterocycles. The lowest BCUT2D eigenvalue weighted by molar-refractivity contribution is -0.137. The lowest BCUT2D eigenvalue weighted by Crippen LogP contribution is -2.33. The monoisotopic (exact) mass is 349 g/mol. The van der Waals surface area contributed by atoms with Crippen LogP contribution in [0.2, 0.25) is 0 Å². The third-order valence-electron chi connectivity index (χ3n) is 4.47. The fraction of sp³-hybridized carbons (Fsp3) is 0.444. The molecule has 0 saturated carbocycles. The fourth-order valence-electron chi connectivity index (χ4n) is 2.96. The topological polar surface area (TPSA) is 53.1 Å². The van der Waals surface area contributed by atoms with Crippen molar-refractivity contribution in [3.8, 4) is 17.5 Å². The van der Waals surface area contributed by atoms with E-state index in [2.05, 4.69) is 16.0 Å². The van der Waals surface area contributed by atoms with Crippen molar-refractivity contribution in [2.45, 2.75) is 32.5 Å². The van der Waals surface area contributed by atoms with E-state index < -0.39 is 11.7 Å². The molecule has 1 aliphatic heterocycles. The zero-order valence-electron chi connectivity index (χ0n) is 13.8. The molecular weight excluding hydrogens is 331 g/mol. The Morgan fingerprint density at radius 2 is 2.04 bits per heavy atom. The number of aryl methyl sites for hydroxylation is 1. The minimum Gasteiger partial charge on any atom is -0.441 e. The molecule has 0 spiro atoms. The Kier molecular flexibility index (Phi) is 4.82. The summed E-state index contributed by atoms with van der Waals surface area (Å²) in [5, 5.41) is 8.94. The van der Waals surface area contributed by atoms with E-state index in [0.717, 1.165) is 43.8 Å². The van der Waals surface area contributed by atoms with Crippen LogP contribution < -0.4 is 0 Å². The van der Waals surface area contributed by atoms with Crippen LogP contribution in [0.15, 0.2) is 28.7 Å². The molecule has 0 aliphatic carbocycles. The highest BCUT2D eigenvalue weighted by Gasteiger charge is 2.31. The number of piperidine rings is 1. The van der Waals surface area contributed by atoms with E-state index in [0.29, 0.717) is 17.9 Å². The van der Waals surface area contributed by atoms with Crippen molar-refractivity contribution in [3.63, 3.8) is 0 Å². The first-order chi connectivity index (χ1) is 11.9. The van der Waals surface area contributed by atoms with E-state index in [1.54, 1.807) is 13.0 Å². The van der Waals surface area contributed by atoms with Crippen molar-refractivity contribution in [2.24, 2.45) is 5.92 Å². The Morgan fingerprint density at radius 3 is 2.68 bits per heavy atom. The van der Waals surface area contributed by atoms with Crippen molar-refractivity contribution in [3.05, 3.63) is 41.3 Å². The van der Waals surface area contributed by atoms with Crippen molar-refractivity contribution in [2.75, 3.05) is 13.1 Å². The number of hydrogen-bond donors (Lipinski definition) is 0. The quantitative estimate of drug-likeness (QED) is 0.824. The second-order valence-corrected chi connectivity index (χ2v) is 6.28. The van der Waals surface area contributed by atoms with Gasteiger partial charge >= 0.3 is 6.18 Å². The summed E-state index contributed by atoms with van der Waals surface area (Å²) >= 11 is 0. The Labute approximate surface area is 143 Å². The highest BCUT2D eigenvalue weighted by molar-refractivity contribution is 5.55. The smallest absolute Gasteiger partial charge is 0.416 e. The first-order valence-corrected chi connectivity index (χ1v) is 8.12. The van der Waals surface area contributed by atoms with Crippen molar-refractivity contribution in [1.29, 1.82) is 5.26 Å². The fourth-order valence-corrected chi connectivity index (χ4v) is 2.96. The maximum Gasteiger partial charge on any atom is 0.416 e. The molecule has 2 aromatic rings. The molecule has 4 nitrogen and oxygen atoms in total. The van der Waals surface area contributed by atoms with Gasteiger partial charge in [0.1, 0.15) is 5.76 Å². The van der Waals surface area contributed by atoms with E-state index in [4.69, 9.17) is 9.68 Å². The van der Waals surface area contributed by atoms with Gasteiger partial charge < -0.3 is 4.42 Å². The lowest BCUT2D eigenvalue weighted by Gasteiger charge is -2.28. The Morgan fingerprint density at radius 1 is 1.32 bits per heavy atom. The van der Waals surface area contributed by atoms with Gasteiger partial charge in [0.2, 0.25) is 5.89 Å². The molecule has 1 aromatic carbocycles. The lowest BCUT2D eigenvalue weighted by atomic mass is 9.98. The molecule has 0 radical (unpaired) electrons. The van der Waals surface area contributed by atoms with Gasteiger partial charge in [-0.15, -0.1) is 0 Å². The number of hydrogen-bond acceptors (Lipinski definition) is 4. The van der Waals surface area contributed by atoms with E-state index >= 15 is 0 Å². The largest absolute Gasteiger partial charge is 0.441 e. The van der Waals surface area contributed by atoms with Gasteiger partial charge in [-0.3, -0.25) is 4.90 Å². The number of nitriles is 1. The molecule has 0 unspecified atom stereocenters. The summed E-state index contributed by atoms with van der Waals surface area (Å²) in [6.07, 6.45) is -2.74. The number of nitrogens with zero attached hydrogens (tertiary/aromatic N) is 3. The van der Waals surface area contributed by atoms with Gasteiger partial charge in [0.25, 0.3) is 0 Å². The summed E-state index contributed by atoms with van der Waals surface area (Å²) in [6, 6.07) is 7.28. The molecule has 3 rings (SSSR count). The SMILES string of the molecule is Cc1oc(-c2cccc(C(F)(F)F)c2)nc1CN1CCC(C#N)CC1. The van der Waals surface area contributed by atoms with Gasteiger partial charge in [-0.05, 0) is 51.1 Å². The third-order valence-corrected chi connectivity index (χ3v) is 4.47. The average Bonchev–Trinajstić information content (AvgIpc) is 2.96. The highest BCUT2D eigenvalue weighted by atomic mass is 19.4. The molecular formula is C18H18F3N3O. The van der Waals surface area contributed by atoms with Gasteiger partial charge in [0.05, 0.1) is 17.3 Å². The summed E-state index contributed by atoms with van der Waals surface area (Å²) in [6.45, 7) is 3.96. The predicted molar refractivity (Wildman–Crippen MR) is 85.3 cm³/mol. The number of alkyl halides is 3. The van der Waals surface area contributed by atoms with Gasteiger partial charge in [-0.2, -0.15) is 18.4 Å². The molecule has 0 amide bonds. The van der Waals surface area contributed by atoms with Gasteiger partial charge in [0.15, 0.2) is 0 Å². The van der Waals surface area contributed by atoms with Crippen LogP contribution in [0.3, 0.4) is 0 Å². The van der Waals surface area contributed by atoms with E-state index in [1.807, 2.05) is 0 Å².